The van der Waals surface area contributed by atoms with Gasteiger partial charge in [-0.3, -0.25) is 9.59 Å². The van der Waals surface area contributed by atoms with Crippen molar-refractivity contribution in [1.29, 1.82) is 0 Å². The second-order valence-electron chi connectivity index (χ2n) is 10.9. The first-order chi connectivity index (χ1) is 14.5. The van der Waals surface area contributed by atoms with E-state index in [0.29, 0.717) is 23.5 Å². The molecule has 0 heterocycles. The van der Waals surface area contributed by atoms with Gasteiger partial charge in [0.25, 0.3) is 0 Å². The quantitative estimate of drug-likeness (QED) is 0.361. The predicted octanol–water partition coefficient (Wildman–Crippen LogP) is 5.23. The minimum Gasteiger partial charge on any atom is -0.462 e. The molecule has 170 valence electrons. The number of rotatable bonds is 4. The molecule has 2 fully saturated rings. The fraction of sp³-hybridized carbons (Fsp3) is 0.680. The Kier molecular flexibility index (Phi) is 5.84. The highest BCUT2D eigenvalue weighted by molar-refractivity contribution is 6.69. The molecular weight excluding hydrogens is 408 g/mol. The lowest BCUT2D eigenvalue weighted by Crippen LogP contribution is -2.48. The molecule has 3 aliphatic rings. The molecule has 4 rings (SSSR count). The molecule has 3 aliphatic carbocycles. The zero-order valence-corrected chi connectivity index (χ0v) is 20.7. The Morgan fingerprint density at radius 2 is 1.84 bits per heavy atom. The van der Waals surface area contributed by atoms with Crippen molar-refractivity contribution in [3.8, 4) is 5.75 Å². The van der Waals surface area contributed by atoms with Crippen LogP contribution in [0.1, 0.15) is 63.5 Å². The van der Waals surface area contributed by atoms with Gasteiger partial charge in [0.2, 0.25) is 0 Å². The maximum Gasteiger partial charge on any atom is 0.308 e. The molecule has 2 saturated carbocycles. The largest absolute Gasteiger partial charge is 0.462 e. The van der Waals surface area contributed by atoms with Gasteiger partial charge in [-0.15, -0.1) is 0 Å². The van der Waals surface area contributed by atoms with Crippen LogP contribution in [0.5, 0.6) is 5.75 Å². The highest BCUT2D eigenvalue weighted by atomic mass is 28.4. The maximum atomic E-state index is 11.9. The summed E-state index contributed by atoms with van der Waals surface area (Å²) >= 11 is 0. The second kappa shape index (κ2) is 8.04. The summed E-state index contributed by atoms with van der Waals surface area (Å²) < 4.78 is 17.9. The van der Waals surface area contributed by atoms with Crippen molar-refractivity contribution in [2.75, 3.05) is 0 Å². The Labute approximate surface area is 187 Å². The average molecular weight is 445 g/mol. The lowest BCUT2D eigenvalue weighted by Gasteiger charge is -2.51. The minimum atomic E-state index is -1.74. The van der Waals surface area contributed by atoms with Crippen LogP contribution in [-0.4, -0.2) is 32.5 Å². The van der Waals surface area contributed by atoms with Gasteiger partial charge in [0.05, 0.1) is 6.10 Å². The van der Waals surface area contributed by atoms with Crippen LogP contribution in [0.4, 0.5) is 0 Å². The maximum absolute atomic E-state index is 11.9. The SMILES string of the molecule is CC(=O)Oc1ccc2c(c1)CC[C@@H]1[C@@H]2CC[C@]2(C)C(OC(C)=O)CC(O[Si](C)(C)C)[C@@H]12. The summed E-state index contributed by atoms with van der Waals surface area (Å²) in [4.78, 5) is 23.2. The van der Waals surface area contributed by atoms with Crippen LogP contribution in [-0.2, 0) is 25.2 Å². The van der Waals surface area contributed by atoms with E-state index in [4.69, 9.17) is 13.9 Å². The zero-order valence-electron chi connectivity index (χ0n) is 19.7. The summed E-state index contributed by atoms with van der Waals surface area (Å²) in [5, 5.41) is 0. The summed E-state index contributed by atoms with van der Waals surface area (Å²) in [6.07, 6.45) is 5.10. The van der Waals surface area contributed by atoms with E-state index in [9.17, 15) is 9.59 Å². The van der Waals surface area contributed by atoms with Crippen molar-refractivity contribution < 1.29 is 23.5 Å². The van der Waals surface area contributed by atoms with Gasteiger partial charge in [0.1, 0.15) is 11.9 Å². The number of ether oxygens (including phenoxy) is 2. The summed E-state index contributed by atoms with van der Waals surface area (Å²) in [6.45, 7) is 12.0. The number of hydrogen-bond donors (Lipinski definition) is 0. The highest BCUT2D eigenvalue weighted by Gasteiger charge is 2.61. The number of carbonyl (C=O) groups excluding carboxylic acids is 2. The third kappa shape index (κ3) is 4.33. The summed E-state index contributed by atoms with van der Waals surface area (Å²) in [6, 6.07) is 6.15. The monoisotopic (exact) mass is 444 g/mol. The van der Waals surface area contributed by atoms with Gasteiger partial charge in [-0.2, -0.15) is 0 Å². The molecule has 31 heavy (non-hydrogen) atoms. The molecule has 0 aromatic heterocycles. The first-order valence-corrected chi connectivity index (χ1v) is 15.0. The van der Waals surface area contributed by atoms with E-state index in [-0.39, 0.29) is 29.6 Å². The molecule has 0 N–H and O–H groups in total. The number of fused-ring (bicyclic) bond motifs is 5. The molecule has 0 bridgehead atoms. The molecule has 6 atom stereocenters. The average Bonchev–Trinajstić information content (AvgIpc) is 2.90. The smallest absolute Gasteiger partial charge is 0.308 e. The van der Waals surface area contributed by atoms with E-state index in [2.05, 4.69) is 32.6 Å². The Morgan fingerprint density at radius 3 is 2.48 bits per heavy atom. The van der Waals surface area contributed by atoms with Crippen molar-refractivity contribution in [1.82, 2.24) is 0 Å². The topological polar surface area (TPSA) is 61.8 Å². The Hall–Kier alpha value is -1.66. The molecule has 0 saturated heterocycles. The Morgan fingerprint density at radius 1 is 1.10 bits per heavy atom. The predicted molar refractivity (Wildman–Crippen MR) is 122 cm³/mol. The molecule has 5 nitrogen and oxygen atoms in total. The second-order valence-corrected chi connectivity index (χ2v) is 15.4. The van der Waals surface area contributed by atoms with Gasteiger partial charge in [0, 0.05) is 25.7 Å². The molecule has 2 unspecified atom stereocenters. The molecule has 1 aromatic rings. The number of aryl methyl sites for hydroxylation is 1. The van der Waals surface area contributed by atoms with Gasteiger partial charge in [0.15, 0.2) is 8.32 Å². The third-order valence-corrected chi connectivity index (χ3v) is 8.66. The van der Waals surface area contributed by atoms with Gasteiger partial charge in [-0.25, -0.2) is 0 Å². The van der Waals surface area contributed by atoms with Crippen molar-refractivity contribution in [3.05, 3.63) is 29.3 Å². The minimum absolute atomic E-state index is 0.0354. The van der Waals surface area contributed by atoms with Gasteiger partial charge in [-0.1, -0.05) is 13.0 Å². The van der Waals surface area contributed by atoms with Gasteiger partial charge >= 0.3 is 11.9 Å². The highest BCUT2D eigenvalue weighted by Crippen LogP contribution is 2.62. The molecule has 0 radical (unpaired) electrons. The number of carbonyl (C=O) groups is 2. The first-order valence-electron chi connectivity index (χ1n) is 11.6. The zero-order chi connectivity index (χ0) is 22.6. The Bertz CT molecular complexity index is 875. The van der Waals surface area contributed by atoms with E-state index in [1.165, 1.54) is 25.0 Å². The fourth-order valence-corrected chi connectivity index (χ4v) is 7.88. The lowest BCUT2D eigenvalue weighted by molar-refractivity contribution is -0.154. The number of esters is 2. The van der Waals surface area contributed by atoms with E-state index >= 15 is 0 Å². The summed E-state index contributed by atoms with van der Waals surface area (Å²) in [7, 11) is -1.74. The number of hydrogen-bond acceptors (Lipinski definition) is 5. The van der Waals surface area contributed by atoms with Crippen LogP contribution in [0.15, 0.2) is 18.2 Å². The van der Waals surface area contributed by atoms with Crippen LogP contribution >= 0.6 is 0 Å². The lowest BCUT2D eigenvalue weighted by atomic mass is 9.55. The van der Waals surface area contributed by atoms with E-state index in [1.807, 2.05) is 12.1 Å². The van der Waals surface area contributed by atoms with Crippen molar-refractivity contribution in [2.45, 2.75) is 90.6 Å². The van der Waals surface area contributed by atoms with E-state index < -0.39 is 8.32 Å². The molecule has 6 heteroatoms. The molecule has 0 amide bonds. The summed E-state index contributed by atoms with van der Waals surface area (Å²) in [5.41, 5.74) is 2.67. The van der Waals surface area contributed by atoms with Crippen molar-refractivity contribution >= 4 is 20.3 Å². The molecule has 1 aromatic carbocycles. The summed E-state index contributed by atoms with van der Waals surface area (Å²) in [5.74, 6) is 1.57. The van der Waals surface area contributed by atoms with Crippen molar-refractivity contribution in [3.63, 3.8) is 0 Å². The van der Waals surface area contributed by atoms with Crippen LogP contribution < -0.4 is 4.74 Å². The fourth-order valence-electron chi connectivity index (χ4n) is 6.73. The standard InChI is InChI=1S/C25H36O5Si/c1-15(26)28-18-8-10-19-17(13-18)7-9-21-20(19)11-12-25(3)23(29-16(2)27)14-22(24(21)25)30-31(4,5)6/h8,10,13,20-24H,7,9,11-12,14H2,1-6H3/t20-,21-,22?,23?,24-,25-/m1/s1. The van der Waals surface area contributed by atoms with Crippen LogP contribution in [0.3, 0.4) is 0 Å². The van der Waals surface area contributed by atoms with Crippen LogP contribution in [0.2, 0.25) is 19.6 Å². The normalized spacial score (nSPS) is 34.3. The third-order valence-electron chi connectivity index (χ3n) is 7.65. The van der Waals surface area contributed by atoms with Crippen molar-refractivity contribution in [2.24, 2.45) is 17.3 Å². The first kappa shape index (κ1) is 22.5. The van der Waals surface area contributed by atoms with Gasteiger partial charge < -0.3 is 13.9 Å². The molecular formula is C25H36O5Si. The van der Waals surface area contributed by atoms with E-state index in [1.54, 1.807) is 0 Å². The number of benzene rings is 1. The Balaban J connectivity index is 1.66. The van der Waals surface area contributed by atoms with Crippen LogP contribution in [0, 0.1) is 17.3 Å². The van der Waals surface area contributed by atoms with Gasteiger partial charge in [-0.05, 0) is 86.3 Å². The van der Waals surface area contributed by atoms with E-state index in [0.717, 1.165) is 32.1 Å². The molecule has 0 spiro atoms. The molecule has 0 aliphatic heterocycles. The van der Waals surface area contributed by atoms with Crippen LogP contribution in [0.25, 0.3) is 0 Å².